The number of carbonyl (C=O) groups excluding carboxylic acids is 1. The standard InChI is InChI=1S/C12H15N3O2/c1-15(7-5-12(16)17-2)9-10-4-3-6-14-11(10)8-13/h3-4,6H,5,7,9H2,1-2H3. The summed E-state index contributed by atoms with van der Waals surface area (Å²) in [7, 11) is 3.26. The quantitative estimate of drug-likeness (QED) is 0.708. The number of nitrogens with zero attached hydrogens (tertiary/aromatic N) is 3. The molecule has 1 aromatic heterocycles. The first-order valence-corrected chi connectivity index (χ1v) is 5.26. The third-order valence-corrected chi connectivity index (χ3v) is 2.36. The molecule has 0 N–H and O–H groups in total. The maximum atomic E-state index is 11.0. The molecular weight excluding hydrogens is 218 g/mol. The highest BCUT2D eigenvalue weighted by Gasteiger charge is 2.08. The van der Waals surface area contributed by atoms with Crippen molar-refractivity contribution in [3.8, 4) is 6.07 Å². The summed E-state index contributed by atoms with van der Waals surface area (Å²) >= 11 is 0. The van der Waals surface area contributed by atoms with E-state index in [4.69, 9.17) is 5.26 Å². The van der Waals surface area contributed by atoms with Gasteiger partial charge in [-0.15, -0.1) is 0 Å². The molecule has 0 saturated carbocycles. The Balaban J connectivity index is 2.53. The van der Waals surface area contributed by atoms with Gasteiger partial charge in [0, 0.05) is 24.8 Å². The highest BCUT2D eigenvalue weighted by molar-refractivity contribution is 5.69. The van der Waals surface area contributed by atoms with E-state index in [2.05, 4.69) is 9.72 Å². The van der Waals surface area contributed by atoms with Crippen molar-refractivity contribution in [2.45, 2.75) is 13.0 Å². The van der Waals surface area contributed by atoms with Gasteiger partial charge in [-0.25, -0.2) is 4.98 Å². The van der Waals surface area contributed by atoms with Crippen LogP contribution in [0.4, 0.5) is 0 Å². The van der Waals surface area contributed by atoms with Gasteiger partial charge in [-0.2, -0.15) is 5.26 Å². The molecule has 90 valence electrons. The summed E-state index contributed by atoms with van der Waals surface area (Å²) in [5, 5.41) is 8.88. The molecule has 5 nitrogen and oxygen atoms in total. The average Bonchev–Trinajstić information content (AvgIpc) is 2.36. The Morgan fingerprint density at radius 1 is 1.65 bits per heavy atom. The molecule has 0 saturated heterocycles. The summed E-state index contributed by atoms with van der Waals surface area (Å²) in [5.41, 5.74) is 1.29. The fourth-order valence-electron chi connectivity index (χ4n) is 1.42. The van der Waals surface area contributed by atoms with Crippen molar-refractivity contribution in [3.63, 3.8) is 0 Å². The van der Waals surface area contributed by atoms with Gasteiger partial charge in [0.1, 0.15) is 11.8 Å². The third kappa shape index (κ3) is 4.21. The number of aromatic nitrogens is 1. The van der Waals surface area contributed by atoms with Crippen LogP contribution in [-0.4, -0.2) is 36.6 Å². The number of esters is 1. The molecule has 0 atom stereocenters. The number of pyridine rings is 1. The second kappa shape index (κ2) is 6.61. The van der Waals surface area contributed by atoms with E-state index in [-0.39, 0.29) is 5.97 Å². The SMILES string of the molecule is COC(=O)CCN(C)Cc1cccnc1C#N. The monoisotopic (exact) mass is 233 g/mol. The summed E-state index contributed by atoms with van der Waals surface area (Å²) in [4.78, 5) is 16.9. The molecule has 0 aromatic carbocycles. The Morgan fingerprint density at radius 3 is 3.06 bits per heavy atom. The Bertz CT molecular complexity index is 426. The van der Waals surface area contributed by atoms with Gasteiger partial charge in [0.2, 0.25) is 0 Å². The summed E-state index contributed by atoms with van der Waals surface area (Å²) in [6, 6.07) is 5.70. The van der Waals surface area contributed by atoms with E-state index in [1.54, 1.807) is 12.3 Å². The molecule has 1 heterocycles. The molecule has 0 bridgehead atoms. The molecule has 0 spiro atoms. The first kappa shape index (κ1) is 13.1. The Hall–Kier alpha value is -1.93. The second-order valence-electron chi connectivity index (χ2n) is 3.69. The number of nitriles is 1. The van der Waals surface area contributed by atoms with Crippen LogP contribution in [0.25, 0.3) is 0 Å². The number of methoxy groups -OCH3 is 1. The molecule has 0 radical (unpaired) electrons. The predicted octanol–water partition coefficient (Wildman–Crippen LogP) is 0.948. The molecule has 1 rings (SSSR count). The summed E-state index contributed by atoms with van der Waals surface area (Å²) < 4.78 is 4.57. The summed E-state index contributed by atoms with van der Waals surface area (Å²) in [5.74, 6) is -0.233. The van der Waals surface area contributed by atoms with Crippen LogP contribution in [0.3, 0.4) is 0 Å². The summed E-state index contributed by atoms with van der Waals surface area (Å²) in [6.45, 7) is 1.18. The molecular formula is C12H15N3O2. The molecule has 0 aliphatic rings. The van der Waals surface area contributed by atoms with Crippen LogP contribution >= 0.6 is 0 Å². The van der Waals surface area contributed by atoms with E-state index >= 15 is 0 Å². The topological polar surface area (TPSA) is 66.2 Å². The largest absolute Gasteiger partial charge is 0.469 e. The molecule has 0 unspecified atom stereocenters. The maximum Gasteiger partial charge on any atom is 0.306 e. The zero-order chi connectivity index (χ0) is 12.7. The van der Waals surface area contributed by atoms with Gasteiger partial charge in [-0.3, -0.25) is 4.79 Å². The van der Waals surface area contributed by atoms with Crippen LogP contribution < -0.4 is 0 Å². The van der Waals surface area contributed by atoms with Crippen molar-refractivity contribution in [1.29, 1.82) is 5.26 Å². The number of rotatable bonds is 5. The predicted molar refractivity (Wildman–Crippen MR) is 61.9 cm³/mol. The van der Waals surface area contributed by atoms with Crippen LogP contribution in [0.15, 0.2) is 18.3 Å². The number of hydrogen-bond acceptors (Lipinski definition) is 5. The minimum Gasteiger partial charge on any atom is -0.469 e. The van der Waals surface area contributed by atoms with Crippen molar-refractivity contribution in [1.82, 2.24) is 9.88 Å². The first-order valence-electron chi connectivity index (χ1n) is 5.26. The van der Waals surface area contributed by atoms with Gasteiger partial charge < -0.3 is 9.64 Å². The lowest BCUT2D eigenvalue weighted by molar-refractivity contribution is -0.140. The van der Waals surface area contributed by atoms with Crippen molar-refractivity contribution >= 4 is 5.97 Å². The van der Waals surface area contributed by atoms with E-state index in [0.29, 0.717) is 25.2 Å². The fraction of sp³-hybridized carbons (Fsp3) is 0.417. The van der Waals surface area contributed by atoms with Crippen molar-refractivity contribution < 1.29 is 9.53 Å². The molecule has 17 heavy (non-hydrogen) atoms. The molecule has 0 amide bonds. The number of carbonyl (C=O) groups is 1. The third-order valence-electron chi connectivity index (χ3n) is 2.36. The van der Waals surface area contributed by atoms with Gasteiger partial charge in [-0.05, 0) is 13.1 Å². The molecule has 5 heteroatoms. The van der Waals surface area contributed by atoms with Crippen LogP contribution in [-0.2, 0) is 16.1 Å². The minimum absolute atomic E-state index is 0.233. The van der Waals surface area contributed by atoms with E-state index in [1.807, 2.05) is 24.1 Å². The molecule has 0 fully saturated rings. The van der Waals surface area contributed by atoms with E-state index in [0.717, 1.165) is 5.56 Å². The van der Waals surface area contributed by atoms with Gasteiger partial charge in [0.15, 0.2) is 0 Å². The van der Waals surface area contributed by atoms with E-state index in [9.17, 15) is 4.79 Å². The van der Waals surface area contributed by atoms with E-state index < -0.39 is 0 Å². The zero-order valence-electron chi connectivity index (χ0n) is 10.0. The average molecular weight is 233 g/mol. The van der Waals surface area contributed by atoms with Crippen molar-refractivity contribution in [3.05, 3.63) is 29.6 Å². The van der Waals surface area contributed by atoms with E-state index in [1.165, 1.54) is 7.11 Å². The number of hydrogen-bond donors (Lipinski definition) is 0. The lowest BCUT2D eigenvalue weighted by Crippen LogP contribution is -2.22. The number of ether oxygens (including phenoxy) is 1. The van der Waals surface area contributed by atoms with Crippen LogP contribution in [0.5, 0.6) is 0 Å². The highest BCUT2D eigenvalue weighted by Crippen LogP contribution is 2.07. The van der Waals surface area contributed by atoms with Crippen molar-refractivity contribution in [2.75, 3.05) is 20.7 Å². The van der Waals surface area contributed by atoms with Crippen molar-refractivity contribution in [2.24, 2.45) is 0 Å². The Kier molecular flexibility index (Phi) is 5.11. The fourth-order valence-corrected chi connectivity index (χ4v) is 1.42. The molecule has 0 aliphatic carbocycles. The van der Waals surface area contributed by atoms with Crippen LogP contribution in [0, 0.1) is 11.3 Å². The minimum atomic E-state index is -0.233. The highest BCUT2D eigenvalue weighted by atomic mass is 16.5. The normalized spacial score (nSPS) is 10.0. The molecule has 0 aliphatic heterocycles. The summed E-state index contributed by atoms with van der Waals surface area (Å²) in [6.07, 6.45) is 1.94. The van der Waals surface area contributed by atoms with Crippen LogP contribution in [0.2, 0.25) is 0 Å². The van der Waals surface area contributed by atoms with Crippen LogP contribution in [0.1, 0.15) is 17.7 Å². The van der Waals surface area contributed by atoms with Gasteiger partial charge in [-0.1, -0.05) is 6.07 Å². The van der Waals surface area contributed by atoms with Gasteiger partial charge >= 0.3 is 5.97 Å². The molecule has 1 aromatic rings. The maximum absolute atomic E-state index is 11.0. The second-order valence-corrected chi connectivity index (χ2v) is 3.69. The Morgan fingerprint density at radius 2 is 2.41 bits per heavy atom. The zero-order valence-corrected chi connectivity index (χ0v) is 10.0. The Labute approximate surface area is 101 Å². The van der Waals surface area contributed by atoms with Gasteiger partial charge in [0.25, 0.3) is 0 Å². The first-order chi connectivity index (χ1) is 8.17. The smallest absolute Gasteiger partial charge is 0.306 e. The lowest BCUT2D eigenvalue weighted by atomic mass is 10.2. The van der Waals surface area contributed by atoms with Gasteiger partial charge in [0.05, 0.1) is 13.5 Å². The lowest BCUT2D eigenvalue weighted by Gasteiger charge is -2.16.